The molecule has 0 N–H and O–H groups in total. The number of nitrogens with zero attached hydrogens (tertiary/aromatic N) is 1. The molecule has 0 aliphatic heterocycles. The minimum Gasteiger partial charge on any atom is -0.195 e. The minimum absolute atomic E-state index is 0.370. The summed E-state index contributed by atoms with van der Waals surface area (Å²) in [5.74, 6) is -0.262. The van der Waals surface area contributed by atoms with E-state index < -0.39 is 5.83 Å². The maximum atomic E-state index is 11.9. The van der Waals surface area contributed by atoms with Gasteiger partial charge in [-0.25, -0.2) is 0 Å². The Morgan fingerprint density at radius 1 is 1.75 bits per heavy atom. The van der Waals surface area contributed by atoms with Crippen LogP contribution < -0.4 is 0 Å². The Balaban J connectivity index is 2.42. The first-order chi connectivity index (χ1) is 3.83. The Morgan fingerprint density at radius 3 is 2.75 bits per heavy atom. The van der Waals surface area contributed by atoms with Gasteiger partial charge >= 0.3 is 0 Å². The molecule has 0 aromatic heterocycles. The van der Waals surface area contributed by atoms with Crippen LogP contribution in [0.5, 0.6) is 0 Å². The second kappa shape index (κ2) is 1.95. The minimum atomic E-state index is -0.632. The van der Waals surface area contributed by atoms with Gasteiger partial charge in [0.05, 0.1) is 0 Å². The zero-order valence-corrected chi connectivity index (χ0v) is 4.39. The van der Waals surface area contributed by atoms with Gasteiger partial charge in [0.2, 0.25) is 0 Å². The molecule has 2 heteroatoms. The van der Waals surface area contributed by atoms with Gasteiger partial charge in [0.25, 0.3) is 0 Å². The van der Waals surface area contributed by atoms with Gasteiger partial charge in [-0.2, -0.15) is 9.65 Å². The molecule has 1 saturated carbocycles. The van der Waals surface area contributed by atoms with E-state index in [0.717, 1.165) is 12.8 Å². The SMILES string of the molecule is N#CC(F)=CC1CC1. The fourth-order valence-electron chi connectivity index (χ4n) is 0.507. The summed E-state index contributed by atoms with van der Waals surface area (Å²) in [6.45, 7) is 0. The Kier molecular flexibility index (Phi) is 1.29. The van der Waals surface area contributed by atoms with Crippen molar-refractivity contribution in [1.82, 2.24) is 0 Å². The lowest BCUT2D eigenvalue weighted by Crippen LogP contribution is -1.66. The van der Waals surface area contributed by atoms with Crippen LogP contribution in [0.2, 0.25) is 0 Å². The van der Waals surface area contributed by atoms with Crippen LogP contribution in [-0.2, 0) is 0 Å². The Morgan fingerprint density at radius 2 is 2.38 bits per heavy atom. The van der Waals surface area contributed by atoms with Crippen molar-refractivity contribution >= 4 is 0 Å². The van der Waals surface area contributed by atoms with Crippen molar-refractivity contribution in [1.29, 1.82) is 5.26 Å². The molecular weight excluding hydrogens is 105 g/mol. The average molecular weight is 111 g/mol. The average Bonchev–Trinajstić information content (AvgIpc) is 2.50. The van der Waals surface area contributed by atoms with Gasteiger partial charge in [0.15, 0.2) is 5.83 Å². The van der Waals surface area contributed by atoms with Gasteiger partial charge in [0, 0.05) is 0 Å². The van der Waals surface area contributed by atoms with Gasteiger partial charge in [0.1, 0.15) is 6.07 Å². The fraction of sp³-hybridized carbons (Fsp3) is 0.500. The van der Waals surface area contributed by atoms with E-state index in [1.54, 1.807) is 0 Å². The highest BCUT2D eigenvalue weighted by Crippen LogP contribution is 2.31. The van der Waals surface area contributed by atoms with Crippen LogP contribution in [0.4, 0.5) is 4.39 Å². The lowest BCUT2D eigenvalue weighted by Gasteiger charge is -1.75. The van der Waals surface area contributed by atoms with Gasteiger partial charge < -0.3 is 0 Å². The Labute approximate surface area is 47.4 Å². The van der Waals surface area contributed by atoms with E-state index in [1.807, 2.05) is 0 Å². The van der Waals surface area contributed by atoms with E-state index in [-0.39, 0.29) is 0 Å². The predicted molar refractivity (Wildman–Crippen MR) is 27.5 cm³/mol. The van der Waals surface area contributed by atoms with Crippen molar-refractivity contribution in [2.45, 2.75) is 12.8 Å². The molecular formula is C6H6FN. The molecule has 1 rings (SSSR count). The van der Waals surface area contributed by atoms with Crippen LogP contribution >= 0.6 is 0 Å². The van der Waals surface area contributed by atoms with Crippen molar-refractivity contribution < 1.29 is 4.39 Å². The van der Waals surface area contributed by atoms with Gasteiger partial charge in [-0.15, -0.1) is 0 Å². The summed E-state index contributed by atoms with van der Waals surface area (Å²) in [5, 5.41) is 7.92. The van der Waals surface area contributed by atoms with E-state index in [4.69, 9.17) is 5.26 Å². The third kappa shape index (κ3) is 1.34. The highest BCUT2D eigenvalue weighted by molar-refractivity contribution is 5.15. The highest BCUT2D eigenvalue weighted by atomic mass is 19.1. The molecule has 42 valence electrons. The van der Waals surface area contributed by atoms with E-state index >= 15 is 0 Å². The molecule has 0 aromatic rings. The van der Waals surface area contributed by atoms with Crippen LogP contribution in [0.1, 0.15) is 12.8 Å². The summed E-state index contributed by atoms with van der Waals surface area (Å²) >= 11 is 0. The van der Waals surface area contributed by atoms with Crippen molar-refractivity contribution in [2.24, 2.45) is 5.92 Å². The van der Waals surface area contributed by atoms with Crippen LogP contribution in [-0.4, -0.2) is 0 Å². The largest absolute Gasteiger partial charge is 0.196 e. The zero-order chi connectivity index (χ0) is 5.98. The number of hydrogen-bond acceptors (Lipinski definition) is 1. The molecule has 0 bridgehead atoms. The molecule has 8 heavy (non-hydrogen) atoms. The molecule has 0 heterocycles. The smallest absolute Gasteiger partial charge is 0.195 e. The second-order valence-corrected chi connectivity index (χ2v) is 1.96. The summed E-state index contributed by atoms with van der Waals surface area (Å²) in [6.07, 6.45) is 3.49. The van der Waals surface area contributed by atoms with Crippen LogP contribution in [0.25, 0.3) is 0 Å². The summed E-state index contributed by atoms with van der Waals surface area (Å²) in [7, 11) is 0. The summed E-state index contributed by atoms with van der Waals surface area (Å²) < 4.78 is 11.9. The number of halogens is 1. The lowest BCUT2D eigenvalue weighted by molar-refractivity contribution is 0.663. The first kappa shape index (κ1) is 5.30. The molecule has 1 aliphatic rings. The molecule has 1 fully saturated rings. The van der Waals surface area contributed by atoms with Crippen molar-refractivity contribution in [2.75, 3.05) is 0 Å². The third-order valence-corrected chi connectivity index (χ3v) is 1.11. The van der Waals surface area contributed by atoms with Gasteiger partial charge in [-0.05, 0) is 24.8 Å². The Hall–Kier alpha value is -0.840. The highest BCUT2D eigenvalue weighted by Gasteiger charge is 2.19. The van der Waals surface area contributed by atoms with Crippen LogP contribution in [0.15, 0.2) is 11.9 Å². The molecule has 0 atom stereocenters. The molecule has 0 unspecified atom stereocenters. The quantitative estimate of drug-likeness (QED) is 0.473. The van der Waals surface area contributed by atoms with Crippen LogP contribution in [0, 0.1) is 17.2 Å². The van der Waals surface area contributed by atoms with Crippen molar-refractivity contribution in [3.05, 3.63) is 11.9 Å². The fourth-order valence-corrected chi connectivity index (χ4v) is 0.507. The lowest BCUT2D eigenvalue weighted by atomic mass is 10.4. The first-order valence-electron chi connectivity index (χ1n) is 2.60. The predicted octanol–water partition coefficient (Wildman–Crippen LogP) is 1.77. The second-order valence-electron chi connectivity index (χ2n) is 1.96. The number of rotatable bonds is 1. The van der Waals surface area contributed by atoms with Gasteiger partial charge in [-0.1, -0.05) is 0 Å². The Bertz CT molecular complexity index is 150. The number of nitriles is 1. The maximum Gasteiger partial charge on any atom is 0.196 e. The molecule has 0 amide bonds. The van der Waals surface area contributed by atoms with E-state index in [0.29, 0.717) is 5.92 Å². The molecule has 0 aromatic carbocycles. The zero-order valence-electron chi connectivity index (χ0n) is 4.39. The monoisotopic (exact) mass is 111 g/mol. The normalized spacial score (nSPS) is 20.2. The first-order valence-corrected chi connectivity index (χ1v) is 2.60. The van der Waals surface area contributed by atoms with Crippen molar-refractivity contribution in [3.63, 3.8) is 0 Å². The topological polar surface area (TPSA) is 23.8 Å². The summed E-state index contributed by atoms with van der Waals surface area (Å²) in [5.41, 5.74) is 0. The molecule has 1 nitrogen and oxygen atoms in total. The van der Waals surface area contributed by atoms with E-state index in [1.165, 1.54) is 12.1 Å². The maximum absolute atomic E-state index is 11.9. The summed E-state index contributed by atoms with van der Waals surface area (Å²) in [4.78, 5) is 0. The molecule has 0 spiro atoms. The van der Waals surface area contributed by atoms with Gasteiger partial charge in [-0.3, -0.25) is 0 Å². The van der Waals surface area contributed by atoms with E-state index in [2.05, 4.69) is 0 Å². The molecule has 1 aliphatic carbocycles. The van der Waals surface area contributed by atoms with E-state index in [9.17, 15) is 4.39 Å². The number of hydrogen-bond donors (Lipinski definition) is 0. The number of allylic oxidation sites excluding steroid dienone is 2. The van der Waals surface area contributed by atoms with Crippen molar-refractivity contribution in [3.8, 4) is 6.07 Å². The molecule has 0 radical (unpaired) electrons. The van der Waals surface area contributed by atoms with Crippen LogP contribution in [0.3, 0.4) is 0 Å². The standard InChI is InChI=1S/C6H6FN/c7-6(4-8)3-5-1-2-5/h3,5H,1-2H2. The third-order valence-electron chi connectivity index (χ3n) is 1.11. The summed E-state index contributed by atoms with van der Waals surface area (Å²) in [6, 6.07) is 1.43. The molecule has 0 saturated heterocycles.